The number of likely N-dealkylation sites (N-methyl/N-ethyl adjacent to an activating group) is 1. The van der Waals surface area contributed by atoms with Crippen molar-refractivity contribution in [2.24, 2.45) is 5.92 Å². The highest BCUT2D eigenvalue weighted by Gasteiger charge is 2.29. The van der Waals surface area contributed by atoms with E-state index in [1.54, 1.807) is 0 Å². The van der Waals surface area contributed by atoms with Gasteiger partial charge in [-0.1, -0.05) is 58.0 Å². The predicted octanol–water partition coefficient (Wildman–Crippen LogP) is 4.08. The topological polar surface area (TPSA) is 40.5 Å². The zero-order valence-corrected chi connectivity index (χ0v) is 14.2. The lowest BCUT2D eigenvalue weighted by molar-refractivity contribution is -0.143. The van der Waals surface area contributed by atoms with Crippen LogP contribution in [0.5, 0.6) is 0 Å². The molecule has 0 saturated carbocycles. The molecule has 1 aliphatic heterocycles. The summed E-state index contributed by atoms with van der Waals surface area (Å²) in [5, 5.41) is 9.01. The van der Waals surface area contributed by atoms with Crippen molar-refractivity contribution in [1.82, 2.24) is 4.90 Å². The molecule has 0 aliphatic carbocycles. The molecule has 0 bridgehead atoms. The quantitative estimate of drug-likeness (QED) is 0.913. The molecule has 0 radical (unpaired) electrons. The number of benzene rings is 1. The van der Waals surface area contributed by atoms with Crippen molar-refractivity contribution in [1.29, 1.82) is 0 Å². The molecule has 2 unspecified atom stereocenters. The average Bonchev–Trinajstić information content (AvgIpc) is 2.54. The Kier molecular flexibility index (Phi) is 10.6. The van der Waals surface area contributed by atoms with Crippen LogP contribution < -0.4 is 0 Å². The van der Waals surface area contributed by atoms with Gasteiger partial charge in [0.1, 0.15) is 0 Å². The molecular weight excluding hydrogens is 262 g/mol. The molecule has 0 aromatic heterocycles. The molecule has 1 aromatic rings. The zero-order chi connectivity index (χ0) is 16.3. The maximum Gasteiger partial charge on any atom is 0.307 e. The number of nitrogens with zero attached hydrogens (tertiary/aromatic N) is 1. The van der Waals surface area contributed by atoms with Crippen LogP contribution in [0.2, 0.25) is 0 Å². The third-order valence-electron chi connectivity index (χ3n) is 3.64. The minimum Gasteiger partial charge on any atom is -0.481 e. The maximum absolute atomic E-state index is 10.9. The minimum atomic E-state index is -0.657. The van der Waals surface area contributed by atoms with Gasteiger partial charge in [0, 0.05) is 12.6 Å². The van der Waals surface area contributed by atoms with E-state index in [1.165, 1.54) is 5.56 Å². The van der Waals surface area contributed by atoms with Crippen LogP contribution in [0, 0.1) is 5.92 Å². The Labute approximate surface area is 130 Å². The molecule has 2 rings (SSSR count). The third kappa shape index (κ3) is 6.76. The first-order chi connectivity index (χ1) is 10.2. The second kappa shape index (κ2) is 11.3. The van der Waals surface area contributed by atoms with Gasteiger partial charge in [-0.25, -0.2) is 0 Å². The van der Waals surface area contributed by atoms with E-state index < -0.39 is 5.97 Å². The van der Waals surface area contributed by atoms with E-state index in [1.807, 2.05) is 40.8 Å². The zero-order valence-electron chi connectivity index (χ0n) is 14.2. The molecule has 1 saturated heterocycles. The van der Waals surface area contributed by atoms with Gasteiger partial charge >= 0.3 is 5.97 Å². The Morgan fingerprint density at radius 3 is 2.19 bits per heavy atom. The summed E-state index contributed by atoms with van der Waals surface area (Å²) < 4.78 is 0. The molecule has 21 heavy (non-hydrogen) atoms. The van der Waals surface area contributed by atoms with E-state index in [-0.39, 0.29) is 5.92 Å². The number of aliphatic carboxylic acids is 1. The van der Waals surface area contributed by atoms with Gasteiger partial charge in [0.15, 0.2) is 0 Å². The lowest BCUT2D eigenvalue weighted by atomic mass is 9.90. The van der Waals surface area contributed by atoms with Crippen LogP contribution in [0.15, 0.2) is 30.3 Å². The molecule has 120 valence electrons. The molecule has 1 fully saturated rings. The minimum absolute atomic E-state index is 0.188. The van der Waals surface area contributed by atoms with Crippen LogP contribution in [-0.2, 0) is 11.2 Å². The van der Waals surface area contributed by atoms with Gasteiger partial charge in [-0.15, -0.1) is 0 Å². The van der Waals surface area contributed by atoms with E-state index in [9.17, 15) is 4.79 Å². The molecule has 1 aliphatic rings. The van der Waals surface area contributed by atoms with Crippen molar-refractivity contribution >= 4 is 5.97 Å². The largest absolute Gasteiger partial charge is 0.481 e. The highest BCUT2D eigenvalue weighted by atomic mass is 16.4. The Morgan fingerprint density at radius 1 is 1.14 bits per heavy atom. The van der Waals surface area contributed by atoms with Crippen LogP contribution in [0.25, 0.3) is 0 Å². The summed E-state index contributed by atoms with van der Waals surface area (Å²) in [5.74, 6) is -0.845. The SMILES string of the molecule is CC.CC.CN1CC(C(=O)O)CCC1Cc1ccccc1. The number of hydrogen-bond donors (Lipinski definition) is 1. The summed E-state index contributed by atoms with van der Waals surface area (Å²) in [6, 6.07) is 10.9. The summed E-state index contributed by atoms with van der Waals surface area (Å²) >= 11 is 0. The number of likely N-dealkylation sites (tertiary alicyclic amines) is 1. The monoisotopic (exact) mass is 293 g/mol. The number of carboxylic acids is 1. The molecule has 3 heteroatoms. The fourth-order valence-corrected chi connectivity index (χ4v) is 2.55. The molecule has 2 atom stereocenters. The van der Waals surface area contributed by atoms with Gasteiger partial charge in [-0.05, 0) is 31.9 Å². The predicted molar refractivity (Wildman–Crippen MR) is 89.6 cm³/mol. The number of piperidine rings is 1. The second-order valence-electron chi connectivity index (χ2n) is 4.90. The van der Waals surface area contributed by atoms with Crippen LogP contribution in [0.1, 0.15) is 46.1 Å². The highest BCUT2D eigenvalue weighted by Crippen LogP contribution is 2.23. The maximum atomic E-state index is 10.9. The fraction of sp³-hybridized carbons (Fsp3) is 0.611. The van der Waals surface area contributed by atoms with Crippen LogP contribution in [0.4, 0.5) is 0 Å². The van der Waals surface area contributed by atoms with Crippen molar-refractivity contribution in [3.8, 4) is 0 Å². The summed E-state index contributed by atoms with van der Waals surface area (Å²) in [6.07, 6.45) is 2.79. The lowest BCUT2D eigenvalue weighted by Crippen LogP contribution is -2.44. The number of rotatable bonds is 3. The van der Waals surface area contributed by atoms with Crippen molar-refractivity contribution < 1.29 is 9.90 Å². The van der Waals surface area contributed by atoms with Gasteiger partial charge in [0.05, 0.1) is 5.92 Å². The van der Waals surface area contributed by atoms with Crippen LogP contribution >= 0.6 is 0 Å². The molecule has 1 aromatic carbocycles. The third-order valence-corrected chi connectivity index (χ3v) is 3.64. The molecular formula is C18H31NO2. The van der Waals surface area contributed by atoms with Gasteiger partial charge in [-0.2, -0.15) is 0 Å². The Balaban J connectivity index is 0.000000921. The number of hydrogen-bond acceptors (Lipinski definition) is 2. The van der Waals surface area contributed by atoms with Crippen LogP contribution in [-0.4, -0.2) is 35.6 Å². The summed E-state index contributed by atoms with van der Waals surface area (Å²) in [4.78, 5) is 13.1. The molecule has 0 spiro atoms. The van der Waals surface area contributed by atoms with E-state index in [0.29, 0.717) is 12.6 Å². The fourth-order valence-electron chi connectivity index (χ4n) is 2.55. The Hall–Kier alpha value is -1.35. The summed E-state index contributed by atoms with van der Waals surface area (Å²) in [5.41, 5.74) is 1.33. The van der Waals surface area contributed by atoms with Crippen molar-refractivity contribution in [2.45, 2.75) is 53.0 Å². The summed E-state index contributed by atoms with van der Waals surface area (Å²) in [7, 11) is 2.03. The van der Waals surface area contributed by atoms with Crippen molar-refractivity contribution in [2.75, 3.05) is 13.6 Å². The highest BCUT2D eigenvalue weighted by molar-refractivity contribution is 5.70. The molecule has 3 nitrogen and oxygen atoms in total. The van der Waals surface area contributed by atoms with E-state index in [4.69, 9.17) is 5.11 Å². The summed E-state index contributed by atoms with van der Waals surface area (Å²) in [6.45, 7) is 8.67. The Morgan fingerprint density at radius 2 is 1.71 bits per heavy atom. The van der Waals surface area contributed by atoms with E-state index in [0.717, 1.165) is 19.3 Å². The van der Waals surface area contributed by atoms with Gasteiger partial charge in [0.2, 0.25) is 0 Å². The lowest BCUT2D eigenvalue weighted by Gasteiger charge is -2.35. The molecule has 1 N–H and O–H groups in total. The van der Waals surface area contributed by atoms with E-state index in [2.05, 4.69) is 29.2 Å². The first-order valence-corrected chi connectivity index (χ1v) is 8.14. The second-order valence-corrected chi connectivity index (χ2v) is 4.90. The average molecular weight is 293 g/mol. The smallest absolute Gasteiger partial charge is 0.307 e. The van der Waals surface area contributed by atoms with Crippen molar-refractivity contribution in [3.05, 3.63) is 35.9 Å². The number of carbonyl (C=O) groups is 1. The standard InChI is InChI=1S/C14H19NO2.2C2H6/c1-15-10-12(14(16)17)7-8-13(15)9-11-5-3-2-4-6-11;2*1-2/h2-6,12-13H,7-10H2,1H3,(H,16,17);2*1-2H3. The molecule has 1 heterocycles. The number of carboxylic acid groups (broad SMARTS) is 1. The normalized spacial score (nSPS) is 21.4. The van der Waals surface area contributed by atoms with Gasteiger partial charge in [-0.3, -0.25) is 4.79 Å². The Bertz CT molecular complexity index is 378. The molecule has 0 amide bonds. The van der Waals surface area contributed by atoms with Gasteiger partial charge < -0.3 is 10.0 Å². The van der Waals surface area contributed by atoms with Gasteiger partial charge in [0.25, 0.3) is 0 Å². The van der Waals surface area contributed by atoms with E-state index >= 15 is 0 Å². The first-order valence-electron chi connectivity index (χ1n) is 8.14. The van der Waals surface area contributed by atoms with Crippen LogP contribution in [0.3, 0.4) is 0 Å². The first kappa shape index (κ1) is 19.7. The van der Waals surface area contributed by atoms with Crippen molar-refractivity contribution in [3.63, 3.8) is 0 Å².